The number of halogens is 1. The maximum absolute atomic E-state index is 12.4. The van der Waals surface area contributed by atoms with Crippen molar-refractivity contribution >= 4 is 21.8 Å². The van der Waals surface area contributed by atoms with E-state index in [4.69, 9.17) is 0 Å². The molecule has 0 spiro atoms. The number of nitrogens with one attached hydrogen (secondary N) is 2. The third-order valence-electron chi connectivity index (χ3n) is 3.92. The van der Waals surface area contributed by atoms with Gasteiger partial charge in [0.1, 0.15) is 5.69 Å². The predicted octanol–water partition coefficient (Wildman–Crippen LogP) is 2.78. The van der Waals surface area contributed by atoms with Crippen LogP contribution in [0.15, 0.2) is 16.7 Å². The molecular weight excluding hydrogens is 318 g/mol. The van der Waals surface area contributed by atoms with E-state index in [1.165, 1.54) is 12.8 Å². The highest BCUT2D eigenvalue weighted by Crippen LogP contribution is 2.24. The number of amides is 1. The molecule has 1 fully saturated rings. The van der Waals surface area contributed by atoms with Crippen LogP contribution in [-0.4, -0.2) is 30.1 Å². The molecule has 1 unspecified atom stereocenters. The SMILES string of the molecule is CCCn1cc(Br)cc1C(=O)NCC1(C)CCCNC1. The average Bonchev–Trinajstić information content (AvgIpc) is 2.79. The summed E-state index contributed by atoms with van der Waals surface area (Å²) in [6, 6.07) is 1.90. The first-order valence-electron chi connectivity index (χ1n) is 7.39. The monoisotopic (exact) mass is 341 g/mol. The van der Waals surface area contributed by atoms with Gasteiger partial charge in [-0.15, -0.1) is 0 Å². The molecule has 2 heterocycles. The number of hydrogen-bond acceptors (Lipinski definition) is 2. The number of aryl methyl sites for hydroxylation is 1. The molecule has 0 radical (unpaired) electrons. The highest BCUT2D eigenvalue weighted by molar-refractivity contribution is 9.10. The van der Waals surface area contributed by atoms with Gasteiger partial charge in [0.15, 0.2) is 0 Å². The van der Waals surface area contributed by atoms with Gasteiger partial charge in [0, 0.05) is 30.3 Å². The molecule has 0 aliphatic carbocycles. The number of carbonyl (C=O) groups excluding carboxylic acids is 1. The molecule has 20 heavy (non-hydrogen) atoms. The zero-order valence-electron chi connectivity index (χ0n) is 12.3. The Kier molecular flexibility index (Phi) is 5.27. The first-order valence-corrected chi connectivity index (χ1v) is 8.18. The summed E-state index contributed by atoms with van der Waals surface area (Å²) in [6.07, 6.45) is 5.34. The minimum absolute atomic E-state index is 0.0240. The molecule has 2 rings (SSSR count). The van der Waals surface area contributed by atoms with Crippen LogP contribution in [0.3, 0.4) is 0 Å². The van der Waals surface area contributed by atoms with Crippen LogP contribution in [0.4, 0.5) is 0 Å². The van der Waals surface area contributed by atoms with E-state index in [2.05, 4.69) is 40.4 Å². The predicted molar refractivity (Wildman–Crippen MR) is 85.0 cm³/mol. The fourth-order valence-electron chi connectivity index (χ4n) is 2.74. The van der Waals surface area contributed by atoms with Gasteiger partial charge in [-0.25, -0.2) is 0 Å². The van der Waals surface area contributed by atoms with E-state index in [1.807, 2.05) is 16.8 Å². The fraction of sp³-hybridized carbons (Fsp3) is 0.667. The Bertz CT molecular complexity index is 464. The lowest BCUT2D eigenvalue weighted by molar-refractivity contribution is 0.0915. The Hall–Kier alpha value is -0.810. The second kappa shape index (κ2) is 6.76. The Labute approximate surface area is 129 Å². The van der Waals surface area contributed by atoms with E-state index in [0.29, 0.717) is 0 Å². The number of hydrogen-bond donors (Lipinski definition) is 2. The standard InChI is InChI=1S/C15H24BrN3O/c1-3-7-19-9-12(16)8-13(19)14(20)18-11-15(2)5-4-6-17-10-15/h8-9,17H,3-7,10-11H2,1-2H3,(H,18,20). The van der Waals surface area contributed by atoms with Crippen LogP contribution >= 0.6 is 15.9 Å². The van der Waals surface area contributed by atoms with Crippen molar-refractivity contribution < 1.29 is 4.79 Å². The maximum atomic E-state index is 12.4. The van der Waals surface area contributed by atoms with Gasteiger partial charge in [-0.1, -0.05) is 13.8 Å². The summed E-state index contributed by atoms with van der Waals surface area (Å²) in [5.41, 5.74) is 0.916. The molecule has 0 bridgehead atoms. The zero-order chi connectivity index (χ0) is 14.6. The van der Waals surface area contributed by atoms with Gasteiger partial charge in [0.05, 0.1) is 0 Å². The lowest BCUT2D eigenvalue weighted by Gasteiger charge is -2.34. The molecule has 1 aliphatic heterocycles. The smallest absolute Gasteiger partial charge is 0.267 e. The zero-order valence-corrected chi connectivity index (χ0v) is 13.9. The third kappa shape index (κ3) is 3.85. The molecule has 1 amide bonds. The first-order chi connectivity index (χ1) is 9.54. The van der Waals surface area contributed by atoms with Crippen molar-refractivity contribution in [3.63, 3.8) is 0 Å². The highest BCUT2D eigenvalue weighted by atomic mass is 79.9. The maximum Gasteiger partial charge on any atom is 0.267 e. The van der Waals surface area contributed by atoms with Gasteiger partial charge in [-0.2, -0.15) is 0 Å². The largest absolute Gasteiger partial charge is 0.350 e. The van der Waals surface area contributed by atoms with Crippen molar-refractivity contribution in [3.05, 3.63) is 22.4 Å². The Balaban J connectivity index is 1.97. The van der Waals surface area contributed by atoms with Crippen LogP contribution in [0.5, 0.6) is 0 Å². The molecule has 1 aromatic heterocycles. The summed E-state index contributed by atoms with van der Waals surface area (Å²) in [5, 5.41) is 6.51. The van der Waals surface area contributed by atoms with Crippen molar-refractivity contribution in [1.29, 1.82) is 0 Å². The second-order valence-electron chi connectivity index (χ2n) is 6.01. The van der Waals surface area contributed by atoms with Crippen molar-refractivity contribution in [2.75, 3.05) is 19.6 Å². The molecule has 4 nitrogen and oxygen atoms in total. The normalized spacial score (nSPS) is 22.8. The number of rotatable bonds is 5. The number of carbonyl (C=O) groups is 1. The molecule has 2 N–H and O–H groups in total. The number of aromatic nitrogens is 1. The molecule has 112 valence electrons. The van der Waals surface area contributed by atoms with Crippen LogP contribution < -0.4 is 10.6 Å². The number of piperidine rings is 1. The summed E-state index contributed by atoms with van der Waals surface area (Å²) >= 11 is 3.45. The van der Waals surface area contributed by atoms with Gasteiger partial charge in [0.25, 0.3) is 5.91 Å². The Morgan fingerprint density at radius 3 is 3.05 bits per heavy atom. The molecule has 0 saturated carbocycles. The molecule has 1 atom stereocenters. The van der Waals surface area contributed by atoms with Crippen molar-refractivity contribution in [2.24, 2.45) is 5.41 Å². The molecule has 1 saturated heterocycles. The van der Waals surface area contributed by atoms with Gasteiger partial charge in [-0.05, 0) is 53.2 Å². The van der Waals surface area contributed by atoms with Gasteiger partial charge in [0.2, 0.25) is 0 Å². The highest BCUT2D eigenvalue weighted by Gasteiger charge is 2.27. The molecule has 5 heteroatoms. The molecular formula is C15H24BrN3O. The lowest BCUT2D eigenvalue weighted by atomic mass is 9.83. The second-order valence-corrected chi connectivity index (χ2v) is 6.93. The van der Waals surface area contributed by atoms with Crippen LogP contribution in [0, 0.1) is 5.41 Å². The van der Waals surface area contributed by atoms with Crippen LogP contribution in [0.25, 0.3) is 0 Å². The molecule has 1 aliphatic rings. The van der Waals surface area contributed by atoms with Crippen molar-refractivity contribution in [1.82, 2.24) is 15.2 Å². The minimum atomic E-state index is 0.0240. The lowest BCUT2D eigenvalue weighted by Crippen LogP contribution is -2.45. The summed E-state index contributed by atoms with van der Waals surface area (Å²) in [6.45, 7) is 8.02. The van der Waals surface area contributed by atoms with Crippen molar-refractivity contribution in [3.8, 4) is 0 Å². The Morgan fingerprint density at radius 1 is 1.60 bits per heavy atom. The summed E-state index contributed by atoms with van der Waals surface area (Å²) in [4.78, 5) is 12.4. The van der Waals surface area contributed by atoms with E-state index in [9.17, 15) is 4.79 Å². The van der Waals surface area contributed by atoms with Crippen LogP contribution in [-0.2, 0) is 6.54 Å². The average molecular weight is 342 g/mol. The molecule has 1 aromatic rings. The van der Waals surface area contributed by atoms with Crippen LogP contribution in [0.2, 0.25) is 0 Å². The summed E-state index contributed by atoms with van der Waals surface area (Å²) < 4.78 is 2.97. The van der Waals surface area contributed by atoms with E-state index in [1.54, 1.807) is 0 Å². The van der Waals surface area contributed by atoms with E-state index in [-0.39, 0.29) is 11.3 Å². The van der Waals surface area contributed by atoms with Gasteiger partial charge in [-0.3, -0.25) is 4.79 Å². The summed E-state index contributed by atoms with van der Waals surface area (Å²) in [7, 11) is 0. The first kappa shape index (κ1) is 15.6. The summed E-state index contributed by atoms with van der Waals surface area (Å²) in [5.74, 6) is 0.0240. The van der Waals surface area contributed by atoms with E-state index < -0.39 is 0 Å². The topological polar surface area (TPSA) is 46.1 Å². The fourth-order valence-corrected chi connectivity index (χ4v) is 3.21. The van der Waals surface area contributed by atoms with Crippen molar-refractivity contribution in [2.45, 2.75) is 39.7 Å². The van der Waals surface area contributed by atoms with Gasteiger partial charge < -0.3 is 15.2 Å². The minimum Gasteiger partial charge on any atom is -0.350 e. The quantitative estimate of drug-likeness (QED) is 0.864. The molecule has 0 aromatic carbocycles. The van der Waals surface area contributed by atoms with Crippen LogP contribution in [0.1, 0.15) is 43.6 Å². The van der Waals surface area contributed by atoms with E-state index >= 15 is 0 Å². The third-order valence-corrected chi connectivity index (χ3v) is 4.36. The Morgan fingerprint density at radius 2 is 2.40 bits per heavy atom. The van der Waals surface area contributed by atoms with Gasteiger partial charge >= 0.3 is 0 Å². The number of nitrogens with zero attached hydrogens (tertiary/aromatic N) is 1. The van der Waals surface area contributed by atoms with E-state index in [0.717, 1.165) is 42.8 Å².